The predicted octanol–water partition coefficient (Wildman–Crippen LogP) is 2.45. The quantitative estimate of drug-likeness (QED) is 0.816. The number of imidazole rings is 1. The molecule has 1 heterocycles. The number of anilines is 1. The Bertz CT molecular complexity index is 496. The van der Waals surface area contributed by atoms with Crippen LogP contribution in [0.15, 0.2) is 41.8 Å². The third-order valence-electron chi connectivity index (χ3n) is 2.23. The fourth-order valence-electron chi connectivity index (χ4n) is 1.36. The summed E-state index contributed by atoms with van der Waals surface area (Å²) in [5.74, 6) is 0.322. The number of rotatable bonds is 4. The van der Waals surface area contributed by atoms with E-state index in [-0.39, 0.29) is 5.91 Å². The van der Waals surface area contributed by atoms with Crippen molar-refractivity contribution >= 4 is 23.4 Å². The topological polar surface area (TPSA) is 57.8 Å². The first-order valence-corrected chi connectivity index (χ1v) is 6.22. The number of thioether (sulfide) groups is 1. The molecule has 2 aromatic rings. The Morgan fingerprint density at radius 3 is 3.00 bits per heavy atom. The third-order valence-corrected chi connectivity index (χ3v) is 3.14. The number of aromatic amines is 1. The van der Waals surface area contributed by atoms with Gasteiger partial charge in [0.25, 0.3) is 0 Å². The van der Waals surface area contributed by atoms with Gasteiger partial charge in [-0.1, -0.05) is 30.0 Å². The van der Waals surface area contributed by atoms with Gasteiger partial charge in [0.05, 0.1) is 5.75 Å². The van der Waals surface area contributed by atoms with Crippen LogP contribution in [-0.2, 0) is 4.79 Å². The number of amides is 1. The molecular formula is C12H13N3OS. The number of hydrogen-bond acceptors (Lipinski definition) is 3. The van der Waals surface area contributed by atoms with Crippen LogP contribution < -0.4 is 5.32 Å². The summed E-state index contributed by atoms with van der Waals surface area (Å²) in [6, 6.07) is 7.71. The molecule has 4 nitrogen and oxygen atoms in total. The van der Waals surface area contributed by atoms with Crippen LogP contribution in [0.4, 0.5) is 5.69 Å². The van der Waals surface area contributed by atoms with Crippen LogP contribution in [0.1, 0.15) is 5.56 Å². The standard InChI is InChI=1S/C12H13N3OS/c1-9-4-2-3-5-10(9)15-11(16)8-17-12-13-6-7-14-12/h2-7H,8H2,1H3,(H,13,14)(H,15,16). The van der Waals surface area contributed by atoms with Crippen molar-refractivity contribution in [3.05, 3.63) is 42.2 Å². The fraction of sp³-hybridized carbons (Fsp3) is 0.167. The molecule has 0 atom stereocenters. The summed E-state index contributed by atoms with van der Waals surface area (Å²) in [6.07, 6.45) is 3.41. The lowest BCUT2D eigenvalue weighted by Gasteiger charge is -2.06. The zero-order chi connectivity index (χ0) is 12.1. The Labute approximate surface area is 104 Å². The highest BCUT2D eigenvalue weighted by Crippen LogP contribution is 2.15. The number of H-pyrrole nitrogens is 1. The molecule has 2 N–H and O–H groups in total. The first-order chi connectivity index (χ1) is 8.25. The Hall–Kier alpha value is -1.75. The number of nitrogens with one attached hydrogen (secondary N) is 2. The minimum Gasteiger partial charge on any atom is -0.340 e. The van der Waals surface area contributed by atoms with Crippen LogP contribution in [0.2, 0.25) is 0 Å². The summed E-state index contributed by atoms with van der Waals surface area (Å²) < 4.78 is 0. The second-order valence-electron chi connectivity index (χ2n) is 3.55. The van der Waals surface area contributed by atoms with E-state index < -0.39 is 0 Å². The monoisotopic (exact) mass is 247 g/mol. The maximum Gasteiger partial charge on any atom is 0.234 e. The summed E-state index contributed by atoms with van der Waals surface area (Å²) in [7, 11) is 0. The van der Waals surface area contributed by atoms with E-state index in [9.17, 15) is 4.79 Å². The van der Waals surface area contributed by atoms with Gasteiger partial charge >= 0.3 is 0 Å². The first-order valence-electron chi connectivity index (χ1n) is 5.23. The van der Waals surface area contributed by atoms with Crippen LogP contribution in [0.25, 0.3) is 0 Å². The smallest absolute Gasteiger partial charge is 0.234 e. The molecule has 0 spiro atoms. The van der Waals surface area contributed by atoms with Crippen molar-refractivity contribution in [2.45, 2.75) is 12.1 Å². The summed E-state index contributed by atoms with van der Waals surface area (Å²) in [5.41, 5.74) is 1.92. The molecule has 0 aliphatic heterocycles. The predicted molar refractivity (Wildman–Crippen MR) is 69.1 cm³/mol. The summed E-state index contributed by atoms with van der Waals surface area (Å²) in [5, 5.41) is 3.63. The molecule has 0 aliphatic rings. The molecule has 0 bridgehead atoms. The molecule has 88 valence electrons. The Morgan fingerprint density at radius 1 is 1.47 bits per heavy atom. The van der Waals surface area contributed by atoms with Gasteiger partial charge in [-0.2, -0.15) is 0 Å². The van der Waals surface area contributed by atoms with E-state index in [0.29, 0.717) is 5.75 Å². The van der Waals surface area contributed by atoms with Crippen molar-refractivity contribution in [3.63, 3.8) is 0 Å². The minimum atomic E-state index is -0.0271. The zero-order valence-corrected chi connectivity index (χ0v) is 10.3. The largest absolute Gasteiger partial charge is 0.340 e. The van der Waals surface area contributed by atoms with Gasteiger partial charge in [0, 0.05) is 18.1 Å². The van der Waals surface area contributed by atoms with Crippen molar-refractivity contribution in [2.24, 2.45) is 0 Å². The molecule has 0 radical (unpaired) electrons. The third kappa shape index (κ3) is 3.35. The van der Waals surface area contributed by atoms with Gasteiger partial charge in [0.1, 0.15) is 0 Å². The summed E-state index contributed by atoms with van der Waals surface area (Å²) in [4.78, 5) is 18.7. The molecule has 1 aromatic carbocycles. The van der Waals surface area contributed by atoms with E-state index in [1.807, 2.05) is 31.2 Å². The molecule has 1 aromatic heterocycles. The summed E-state index contributed by atoms with van der Waals surface area (Å²) >= 11 is 1.38. The van der Waals surface area contributed by atoms with E-state index in [0.717, 1.165) is 16.4 Å². The van der Waals surface area contributed by atoms with Crippen molar-refractivity contribution in [1.82, 2.24) is 9.97 Å². The number of hydrogen-bond donors (Lipinski definition) is 2. The molecule has 2 rings (SSSR count). The molecule has 5 heteroatoms. The number of para-hydroxylation sites is 1. The molecule has 0 unspecified atom stereocenters. The van der Waals surface area contributed by atoms with E-state index in [1.165, 1.54) is 11.8 Å². The molecule has 0 saturated carbocycles. The molecule has 0 saturated heterocycles. The second-order valence-corrected chi connectivity index (χ2v) is 4.51. The van der Waals surface area contributed by atoms with Crippen LogP contribution in [0, 0.1) is 6.92 Å². The van der Waals surface area contributed by atoms with E-state index in [4.69, 9.17) is 0 Å². The average Bonchev–Trinajstić information content (AvgIpc) is 2.82. The van der Waals surface area contributed by atoms with E-state index >= 15 is 0 Å². The number of carbonyl (C=O) groups excluding carboxylic acids is 1. The lowest BCUT2D eigenvalue weighted by molar-refractivity contribution is -0.113. The highest BCUT2D eigenvalue weighted by Gasteiger charge is 2.05. The van der Waals surface area contributed by atoms with Gasteiger partial charge in [-0.15, -0.1) is 0 Å². The number of carbonyl (C=O) groups is 1. The van der Waals surface area contributed by atoms with Gasteiger partial charge in [-0.05, 0) is 18.6 Å². The molecule has 0 fully saturated rings. The molecule has 0 aliphatic carbocycles. The Kier molecular flexibility index (Phi) is 3.82. The van der Waals surface area contributed by atoms with Crippen LogP contribution in [0.3, 0.4) is 0 Å². The van der Waals surface area contributed by atoms with Crippen LogP contribution in [0.5, 0.6) is 0 Å². The van der Waals surface area contributed by atoms with Gasteiger partial charge in [-0.3, -0.25) is 4.79 Å². The Balaban J connectivity index is 1.87. The normalized spacial score (nSPS) is 10.2. The number of benzene rings is 1. The van der Waals surface area contributed by atoms with Gasteiger partial charge in [0.15, 0.2) is 5.16 Å². The van der Waals surface area contributed by atoms with Gasteiger partial charge in [0.2, 0.25) is 5.91 Å². The van der Waals surface area contributed by atoms with Gasteiger partial charge < -0.3 is 10.3 Å². The van der Waals surface area contributed by atoms with Crippen molar-refractivity contribution < 1.29 is 4.79 Å². The van der Waals surface area contributed by atoms with E-state index in [1.54, 1.807) is 12.4 Å². The lowest BCUT2D eigenvalue weighted by atomic mass is 10.2. The highest BCUT2D eigenvalue weighted by atomic mass is 32.2. The SMILES string of the molecule is Cc1ccccc1NC(=O)CSc1ncc[nH]1. The number of nitrogens with zero attached hydrogens (tertiary/aromatic N) is 1. The van der Waals surface area contributed by atoms with Crippen molar-refractivity contribution in [2.75, 3.05) is 11.1 Å². The molecule has 1 amide bonds. The lowest BCUT2D eigenvalue weighted by Crippen LogP contribution is -2.14. The maximum absolute atomic E-state index is 11.7. The molecule has 17 heavy (non-hydrogen) atoms. The fourth-order valence-corrected chi connectivity index (χ4v) is 1.99. The van der Waals surface area contributed by atoms with Crippen molar-refractivity contribution in [1.29, 1.82) is 0 Å². The molecular weight excluding hydrogens is 234 g/mol. The maximum atomic E-state index is 11.7. The van der Waals surface area contributed by atoms with Crippen LogP contribution in [-0.4, -0.2) is 21.6 Å². The van der Waals surface area contributed by atoms with Crippen LogP contribution >= 0.6 is 11.8 Å². The van der Waals surface area contributed by atoms with Gasteiger partial charge in [-0.25, -0.2) is 4.98 Å². The van der Waals surface area contributed by atoms with E-state index in [2.05, 4.69) is 15.3 Å². The van der Waals surface area contributed by atoms with Crippen molar-refractivity contribution in [3.8, 4) is 0 Å². The minimum absolute atomic E-state index is 0.0271. The highest BCUT2D eigenvalue weighted by molar-refractivity contribution is 7.99. The average molecular weight is 247 g/mol. The number of aromatic nitrogens is 2. The number of aryl methyl sites for hydroxylation is 1. The Morgan fingerprint density at radius 2 is 2.29 bits per heavy atom. The first kappa shape index (κ1) is 11.7. The summed E-state index contributed by atoms with van der Waals surface area (Å²) in [6.45, 7) is 1.97. The zero-order valence-electron chi connectivity index (χ0n) is 9.43. The second kappa shape index (κ2) is 5.54.